The Hall–Kier alpha value is -0.160. The quantitative estimate of drug-likeness (QED) is 0.804. The van der Waals surface area contributed by atoms with Crippen LogP contribution in [0.2, 0.25) is 0 Å². The first kappa shape index (κ1) is 15.2. The summed E-state index contributed by atoms with van der Waals surface area (Å²) < 4.78 is 0. The number of likely N-dealkylation sites (N-methyl/N-ethyl adjacent to an activating group) is 2. The van der Waals surface area contributed by atoms with E-state index in [4.69, 9.17) is 0 Å². The second kappa shape index (κ2) is 6.53. The van der Waals surface area contributed by atoms with Gasteiger partial charge in [0.2, 0.25) is 0 Å². The Morgan fingerprint density at radius 2 is 2.00 bits per heavy atom. The van der Waals surface area contributed by atoms with Crippen molar-refractivity contribution in [1.29, 1.82) is 0 Å². The van der Waals surface area contributed by atoms with E-state index >= 15 is 0 Å². The Bertz CT molecular complexity index is 281. The second-order valence-electron chi connectivity index (χ2n) is 6.62. The van der Waals surface area contributed by atoms with Crippen LogP contribution in [0.1, 0.15) is 19.8 Å². The number of piperidine rings is 1. The highest BCUT2D eigenvalue weighted by Gasteiger charge is 2.41. The number of rotatable bonds is 4. The molecular formula is C15H32N4. The number of nitrogens with one attached hydrogen (secondary N) is 1. The third-order valence-electron chi connectivity index (χ3n) is 5.28. The van der Waals surface area contributed by atoms with Gasteiger partial charge in [0.1, 0.15) is 0 Å². The minimum Gasteiger partial charge on any atom is -0.315 e. The molecule has 1 N–H and O–H groups in total. The van der Waals surface area contributed by atoms with E-state index in [0.29, 0.717) is 6.04 Å². The van der Waals surface area contributed by atoms with Gasteiger partial charge in [0.05, 0.1) is 0 Å². The molecule has 2 aliphatic rings. The second-order valence-corrected chi connectivity index (χ2v) is 6.62. The summed E-state index contributed by atoms with van der Waals surface area (Å²) in [5.74, 6) is 0.776. The van der Waals surface area contributed by atoms with Crippen molar-refractivity contribution >= 4 is 0 Å². The minimum absolute atomic E-state index is 0.657. The molecule has 2 rings (SSSR count). The smallest absolute Gasteiger partial charge is 0.0247 e. The van der Waals surface area contributed by atoms with Crippen molar-refractivity contribution < 1.29 is 0 Å². The molecule has 19 heavy (non-hydrogen) atoms. The lowest BCUT2D eigenvalue weighted by molar-refractivity contribution is 0.0544. The molecule has 0 aliphatic carbocycles. The normalized spacial score (nSPS) is 38.2. The SMILES string of the molecule is CCN1CCC(N(C)C)CC1C1CN(C)CC1NC. The monoisotopic (exact) mass is 268 g/mol. The van der Waals surface area contributed by atoms with Crippen molar-refractivity contribution in [1.82, 2.24) is 20.0 Å². The number of nitrogens with zero attached hydrogens (tertiary/aromatic N) is 3. The van der Waals surface area contributed by atoms with Crippen molar-refractivity contribution in [3.63, 3.8) is 0 Å². The Balaban J connectivity index is 2.09. The molecule has 0 amide bonds. The highest BCUT2D eigenvalue weighted by molar-refractivity contribution is 4.98. The van der Waals surface area contributed by atoms with E-state index in [2.05, 4.69) is 55.1 Å². The number of hydrogen-bond acceptors (Lipinski definition) is 4. The zero-order chi connectivity index (χ0) is 14.0. The lowest BCUT2D eigenvalue weighted by atomic mass is 9.84. The predicted octanol–water partition coefficient (Wildman–Crippen LogP) is 0.551. The average molecular weight is 268 g/mol. The zero-order valence-electron chi connectivity index (χ0n) is 13.4. The Morgan fingerprint density at radius 1 is 1.26 bits per heavy atom. The summed E-state index contributed by atoms with van der Waals surface area (Å²) >= 11 is 0. The first-order valence-corrected chi connectivity index (χ1v) is 7.83. The third kappa shape index (κ3) is 3.30. The van der Waals surface area contributed by atoms with Crippen LogP contribution in [0.5, 0.6) is 0 Å². The van der Waals surface area contributed by atoms with Gasteiger partial charge in [-0.3, -0.25) is 0 Å². The zero-order valence-corrected chi connectivity index (χ0v) is 13.4. The van der Waals surface area contributed by atoms with Crippen LogP contribution in [0.25, 0.3) is 0 Å². The van der Waals surface area contributed by atoms with Gasteiger partial charge in [-0.1, -0.05) is 6.92 Å². The van der Waals surface area contributed by atoms with Gasteiger partial charge in [-0.25, -0.2) is 0 Å². The van der Waals surface area contributed by atoms with Gasteiger partial charge < -0.3 is 20.0 Å². The standard InChI is InChI=1S/C15H32N4/c1-6-19-8-7-12(17(3)4)9-15(19)13-10-18(5)11-14(13)16-2/h12-16H,6-11H2,1-5H3. The Labute approximate surface area is 119 Å². The molecule has 0 bridgehead atoms. The molecule has 4 unspecified atom stereocenters. The fourth-order valence-electron chi connectivity index (χ4n) is 4.06. The van der Waals surface area contributed by atoms with Gasteiger partial charge in [-0.05, 0) is 54.1 Å². The van der Waals surface area contributed by atoms with E-state index in [1.807, 2.05) is 0 Å². The Morgan fingerprint density at radius 3 is 2.58 bits per heavy atom. The molecule has 0 aromatic heterocycles. The molecule has 2 saturated heterocycles. The summed E-state index contributed by atoms with van der Waals surface area (Å²) in [6, 6.07) is 2.16. The maximum atomic E-state index is 3.55. The third-order valence-corrected chi connectivity index (χ3v) is 5.28. The lowest BCUT2D eigenvalue weighted by Gasteiger charge is -2.45. The van der Waals surface area contributed by atoms with Gasteiger partial charge in [-0.15, -0.1) is 0 Å². The van der Waals surface area contributed by atoms with Crippen LogP contribution in [-0.2, 0) is 0 Å². The molecule has 2 fully saturated rings. The van der Waals surface area contributed by atoms with E-state index in [1.165, 1.54) is 39.0 Å². The number of hydrogen-bond donors (Lipinski definition) is 1. The van der Waals surface area contributed by atoms with Crippen LogP contribution in [0.3, 0.4) is 0 Å². The average Bonchev–Trinajstić information content (AvgIpc) is 2.78. The summed E-state index contributed by atoms with van der Waals surface area (Å²) in [6.45, 7) is 7.22. The summed E-state index contributed by atoms with van der Waals surface area (Å²) in [7, 11) is 8.85. The van der Waals surface area contributed by atoms with Crippen molar-refractivity contribution in [2.45, 2.75) is 37.9 Å². The van der Waals surface area contributed by atoms with Crippen molar-refractivity contribution in [3.05, 3.63) is 0 Å². The maximum Gasteiger partial charge on any atom is 0.0247 e. The van der Waals surface area contributed by atoms with Crippen LogP contribution in [-0.4, -0.2) is 87.2 Å². The van der Waals surface area contributed by atoms with Crippen LogP contribution in [0.4, 0.5) is 0 Å². The molecule has 0 radical (unpaired) electrons. The molecule has 112 valence electrons. The van der Waals surface area contributed by atoms with E-state index in [9.17, 15) is 0 Å². The molecule has 0 aromatic rings. The van der Waals surface area contributed by atoms with Crippen molar-refractivity contribution in [3.8, 4) is 0 Å². The van der Waals surface area contributed by atoms with Crippen LogP contribution in [0, 0.1) is 5.92 Å². The number of likely N-dealkylation sites (tertiary alicyclic amines) is 2. The molecule has 0 aromatic carbocycles. The van der Waals surface area contributed by atoms with Gasteiger partial charge >= 0.3 is 0 Å². The molecular weight excluding hydrogens is 236 g/mol. The summed E-state index contributed by atoms with van der Waals surface area (Å²) in [4.78, 5) is 7.63. The molecule has 2 heterocycles. The van der Waals surface area contributed by atoms with Gasteiger partial charge in [0, 0.05) is 37.1 Å². The molecule has 4 heteroatoms. The molecule has 0 saturated carbocycles. The van der Waals surface area contributed by atoms with Crippen LogP contribution >= 0.6 is 0 Å². The van der Waals surface area contributed by atoms with E-state index in [0.717, 1.165) is 18.0 Å². The molecule has 0 spiro atoms. The van der Waals surface area contributed by atoms with E-state index in [1.54, 1.807) is 0 Å². The molecule has 2 aliphatic heterocycles. The van der Waals surface area contributed by atoms with Gasteiger partial charge in [0.25, 0.3) is 0 Å². The van der Waals surface area contributed by atoms with Gasteiger partial charge in [0.15, 0.2) is 0 Å². The first-order valence-electron chi connectivity index (χ1n) is 7.83. The predicted molar refractivity (Wildman–Crippen MR) is 81.6 cm³/mol. The fourth-order valence-corrected chi connectivity index (χ4v) is 4.06. The van der Waals surface area contributed by atoms with Crippen molar-refractivity contribution in [2.75, 3.05) is 54.4 Å². The van der Waals surface area contributed by atoms with E-state index < -0.39 is 0 Å². The minimum atomic E-state index is 0.657. The lowest BCUT2D eigenvalue weighted by Crippen LogP contribution is -2.54. The van der Waals surface area contributed by atoms with Crippen molar-refractivity contribution in [2.24, 2.45) is 5.92 Å². The summed E-state index contributed by atoms with van der Waals surface area (Å²) in [6.07, 6.45) is 2.65. The topological polar surface area (TPSA) is 21.8 Å². The van der Waals surface area contributed by atoms with Crippen LogP contribution < -0.4 is 5.32 Å². The summed E-state index contributed by atoms with van der Waals surface area (Å²) in [5.41, 5.74) is 0. The summed E-state index contributed by atoms with van der Waals surface area (Å²) in [5, 5.41) is 3.55. The first-order chi connectivity index (χ1) is 9.06. The maximum absolute atomic E-state index is 3.55. The molecule has 4 atom stereocenters. The molecule has 4 nitrogen and oxygen atoms in total. The van der Waals surface area contributed by atoms with Gasteiger partial charge in [-0.2, -0.15) is 0 Å². The highest BCUT2D eigenvalue weighted by Crippen LogP contribution is 2.30. The van der Waals surface area contributed by atoms with E-state index in [-0.39, 0.29) is 0 Å². The largest absolute Gasteiger partial charge is 0.315 e. The Kier molecular flexibility index (Phi) is 5.23. The highest BCUT2D eigenvalue weighted by atomic mass is 15.2. The van der Waals surface area contributed by atoms with Crippen LogP contribution in [0.15, 0.2) is 0 Å². The fraction of sp³-hybridized carbons (Fsp3) is 1.00.